The fraction of sp³-hybridized carbons (Fsp3) is 0.152. The number of rotatable bonds is 11. The second kappa shape index (κ2) is 13.3. The maximum absolute atomic E-state index is 12.7. The van der Waals surface area contributed by atoms with E-state index in [4.69, 9.17) is 25.5 Å². The third-order valence-electron chi connectivity index (χ3n) is 6.77. The highest BCUT2D eigenvalue weighted by molar-refractivity contribution is 6.31. The average Bonchev–Trinajstić information content (AvgIpc) is 3.62. The Labute approximate surface area is 258 Å². The number of nitro benzene ring substituents is 1. The minimum Gasteiger partial charge on any atom is -0.486 e. The largest absolute Gasteiger partial charge is 0.486 e. The SMILES string of the molecule is Cc1ccc(COc2c(/C=N/NC(=O)c3ccc(COc4ccc(-n5c(C)ccc5C)cc4)o3)cc(Cl)cc2[N+](=O)[O-])cc1. The molecule has 0 aliphatic carbocycles. The number of furan rings is 1. The average molecular weight is 613 g/mol. The topological polar surface area (TPSA) is 121 Å². The first kappa shape index (κ1) is 30.1. The molecule has 2 heterocycles. The Kier molecular flexibility index (Phi) is 9.11. The van der Waals surface area contributed by atoms with E-state index in [2.05, 4.69) is 41.1 Å². The van der Waals surface area contributed by atoms with Gasteiger partial charge in [-0.25, -0.2) is 5.43 Å². The van der Waals surface area contributed by atoms with Gasteiger partial charge in [0.15, 0.2) is 5.76 Å². The molecule has 0 unspecified atom stereocenters. The van der Waals surface area contributed by atoms with Crippen molar-refractivity contribution in [1.82, 2.24) is 9.99 Å². The van der Waals surface area contributed by atoms with Crippen molar-refractivity contribution in [3.8, 4) is 17.2 Å². The highest BCUT2D eigenvalue weighted by Gasteiger charge is 2.21. The monoisotopic (exact) mass is 612 g/mol. The van der Waals surface area contributed by atoms with Gasteiger partial charge in [-0.2, -0.15) is 5.10 Å². The molecule has 1 amide bonds. The second-order valence-electron chi connectivity index (χ2n) is 10.1. The van der Waals surface area contributed by atoms with Crippen molar-refractivity contribution < 1.29 is 23.6 Å². The van der Waals surface area contributed by atoms with Crippen LogP contribution in [0, 0.1) is 30.9 Å². The lowest BCUT2D eigenvalue weighted by molar-refractivity contribution is -0.385. The first-order valence-corrected chi connectivity index (χ1v) is 14.0. The Balaban J connectivity index is 1.21. The van der Waals surface area contributed by atoms with Crippen LogP contribution in [0.3, 0.4) is 0 Å². The van der Waals surface area contributed by atoms with Crippen LogP contribution in [-0.2, 0) is 13.2 Å². The van der Waals surface area contributed by atoms with Crippen LogP contribution in [0.5, 0.6) is 11.5 Å². The standard InChI is InChI=1S/C33H29ClN4O6/c1-21-4-8-24(9-5-21)19-43-32-25(16-26(34)17-30(32)38(40)41)18-35-36-33(39)31-15-14-29(44-31)20-42-28-12-10-27(11-13-28)37-22(2)6-7-23(37)3/h4-18H,19-20H2,1-3H3,(H,36,39)/b35-18+. The van der Waals surface area contributed by atoms with Gasteiger partial charge in [0.05, 0.1) is 11.1 Å². The molecule has 0 spiro atoms. The molecule has 0 saturated carbocycles. The molecule has 44 heavy (non-hydrogen) atoms. The summed E-state index contributed by atoms with van der Waals surface area (Å²) in [5.41, 5.74) is 7.48. The number of halogens is 1. The summed E-state index contributed by atoms with van der Waals surface area (Å²) in [5.74, 6) is 0.467. The molecule has 0 radical (unpaired) electrons. The number of benzene rings is 3. The van der Waals surface area contributed by atoms with Crippen LogP contribution >= 0.6 is 11.6 Å². The lowest BCUT2D eigenvalue weighted by atomic mass is 10.1. The van der Waals surface area contributed by atoms with Crippen LogP contribution < -0.4 is 14.9 Å². The van der Waals surface area contributed by atoms with Crippen molar-refractivity contribution in [3.63, 3.8) is 0 Å². The highest BCUT2D eigenvalue weighted by atomic mass is 35.5. The molecule has 0 atom stereocenters. The van der Waals surface area contributed by atoms with Gasteiger partial charge < -0.3 is 18.5 Å². The van der Waals surface area contributed by atoms with Gasteiger partial charge in [0.25, 0.3) is 0 Å². The fourth-order valence-electron chi connectivity index (χ4n) is 4.54. The van der Waals surface area contributed by atoms with Crippen molar-refractivity contribution in [2.24, 2.45) is 5.10 Å². The predicted octanol–water partition coefficient (Wildman–Crippen LogP) is 7.48. The fourth-order valence-corrected chi connectivity index (χ4v) is 4.76. The molecule has 5 aromatic rings. The minimum absolute atomic E-state index is 0.0163. The van der Waals surface area contributed by atoms with E-state index in [0.717, 1.165) is 28.2 Å². The van der Waals surface area contributed by atoms with E-state index in [1.807, 2.05) is 55.5 Å². The molecule has 0 bridgehead atoms. The van der Waals surface area contributed by atoms with Crippen LogP contribution in [0.4, 0.5) is 5.69 Å². The molecule has 0 saturated heterocycles. The Morgan fingerprint density at radius 2 is 1.66 bits per heavy atom. The molecular weight excluding hydrogens is 584 g/mol. The van der Waals surface area contributed by atoms with Crippen LogP contribution in [0.25, 0.3) is 5.69 Å². The molecule has 0 aliphatic rings. The zero-order valence-corrected chi connectivity index (χ0v) is 25.0. The molecular formula is C33H29ClN4O6. The zero-order valence-electron chi connectivity index (χ0n) is 24.2. The predicted molar refractivity (Wildman–Crippen MR) is 167 cm³/mol. The van der Waals surface area contributed by atoms with Crippen molar-refractivity contribution in [3.05, 3.63) is 140 Å². The van der Waals surface area contributed by atoms with Gasteiger partial charge in [-0.3, -0.25) is 14.9 Å². The first-order valence-electron chi connectivity index (χ1n) is 13.6. The van der Waals surface area contributed by atoms with Gasteiger partial charge in [-0.15, -0.1) is 0 Å². The summed E-state index contributed by atoms with van der Waals surface area (Å²) in [6, 6.07) is 25.2. The van der Waals surface area contributed by atoms with Gasteiger partial charge in [0.1, 0.15) is 24.7 Å². The third kappa shape index (κ3) is 7.16. The van der Waals surface area contributed by atoms with E-state index in [-0.39, 0.29) is 41.0 Å². The van der Waals surface area contributed by atoms with Crippen LogP contribution in [0.2, 0.25) is 5.02 Å². The lowest BCUT2D eigenvalue weighted by Crippen LogP contribution is -2.17. The smallest absolute Gasteiger partial charge is 0.313 e. The quantitative estimate of drug-likeness (QED) is 0.0937. The molecule has 11 heteroatoms. The van der Waals surface area contributed by atoms with Crippen molar-refractivity contribution in [1.29, 1.82) is 0 Å². The van der Waals surface area contributed by atoms with Gasteiger partial charge in [-0.05, 0) is 80.9 Å². The van der Waals surface area contributed by atoms with Gasteiger partial charge in [-0.1, -0.05) is 41.4 Å². The third-order valence-corrected chi connectivity index (χ3v) is 6.98. The number of ether oxygens (including phenoxy) is 2. The van der Waals surface area contributed by atoms with E-state index in [1.165, 1.54) is 24.4 Å². The number of hydrazone groups is 1. The van der Waals surface area contributed by atoms with E-state index < -0.39 is 10.8 Å². The molecule has 5 rings (SSSR count). The summed E-state index contributed by atoms with van der Waals surface area (Å²) in [7, 11) is 0. The maximum atomic E-state index is 12.7. The number of amides is 1. The van der Waals surface area contributed by atoms with E-state index in [0.29, 0.717) is 11.5 Å². The van der Waals surface area contributed by atoms with E-state index in [1.54, 1.807) is 6.07 Å². The van der Waals surface area contributed by atoms with Crippen molar-refractivity contribution >= 4 is 29.4 Å². The number of carbonyl (C=O) groups excluding carboxylic acids is 1. The molecule has 2 aromatic heterocycles. The van der Waals surface area contributed by atoms with Crippen LogP contribution in [-0.4, -0.2) is 21.6 Å². The van der Waals surface area contributed by atoms with Crippen molar-refractivity contribution in [2.75, 3.05) is 0 Å². The lowest BCUT2D eigenvalue weighted by Gasteiger charge is -2.11. The van der Waals surface area contributed by atoms with Gasteiger partial charge in [0.2, 0.25) is 5.75 Å². The molecule has 0 aliphatic heterocycles. The van der Waals surface area contributed by atoms with Crippen LogP contribution in [0.1, 0.15) is 44.4 Å². The summed E-state index contributed by atoms with van der Waals surface area (Å²) in [6.07, 6.45) is 1.23. The summed E-state index contributed by atoms with van der Waals surface area (Å²) >= 11 is 6.12. The number of aryl methyl sites for hydroxylation is 3. The van der Waals surface area contributed by atoms with E-state index in [9.17, 15) is 14.9 Å². The number of nitro groups is 1. The summed E-state index contributed by atoms with van der Waals surface area (Å²) < 4.78 is 19.4. The summed E-state index contributed by atoms with van der Waals surface area (Å²) in [6.45, 7) is 6.27. The second-order valence-corrected chi connectivity index (χ2v) is 10.5. The number of hydrogen-bond donors (Lipinski definition) is 1. The van der Waals surface area contributed by atoms with E-state index >= 15 is 0 Å². The first-order chi connectivity index (χ1) is 21.2. The number of carbonyl (C=O) groups is 1. The molecule has 3 aromatic carbocycles. The van der Waals surface area contributed by atoms with Crippen LogP contribution in [0.15, 0.2) is 94.4 Å². The molecule has 0 fully saturated rings. The Morgan fingerprint density at radius 1 is 0.955 bits per heavy atom. The zero-order chi connectivity index (χ0) is 31.2. The normalized spacial score (nSPS) is 11.1. The minimum atomic E-state index is -0.618. The van der Waals surface area contributed by atoms with Gasteiger partial charge >= 0.3 is 11.6 Å². The summed E-state index contributed by atoms with van der Waals surface area (Å²) in [4.78, 5) is 23.8. The molecule has 224 valence electrons. The molecule has 10 nitrogen and oxygen atoms in total. The van der Waals surface area contributed by atoms with Gasteiger partial charge in [0, 0.05) is 33.7 Å². The highest BCUT2D eigenvalue weighted by Crippen LogP contribution is 2.34. The maximum Gasteiger partial charge on any atom is 0.313 e. The molecule has 1 N–H and O–H groups in total. The Morgan fingerprint density at radius 3 is 2.34 bits per heavy atom. The number of aromatic nitrogens is 1. The Bertz CT molecular complexity index is 1800. The number of nitrogens with one attached hydrogen (secondary N) is 1. The van der Waals surface area contributed by atoms with Crippen molar-refractivity contribution in [2.45, 2.75) is 34.0 Å². The summed E-state index contributed by atoms with van der Waals surface area (Å²) in [5, 5.41) is 15.8. The number of nitrogens with zero attached hydrogens (tertiary/aromatic N) is 3. The number of hydrogen-bond acceptors (Lipinski definition) is 7. The Hall–Kier alpha value is -5.35.